The van der Waals surface area contributed by atoms with Gasteiger partial charge < -0.3 is 10.5 Å². The standard InChI is InChI=1S/C15H22N6O3S/c1-9(17-4-5-24-2)21-13(20-15(16)25-3)11(8-18-21)6-10-7-12(22)19-14(10)23/h6,8-9,17H,4-5,7H2,1-3H3,(H2,16,20)(H,19,22,23)/b10-6+. The summed E-state index contributed by atoms with van der Waals surface area (Å²) >= 11 is 1.31. The molecule has 1 aromatic heterocycles. The van der Waals surface area contributed by atoms with Crippen LogP contribution in [0.15, 0.2) is 16.8 Å². The molecule has 1 aliphatic rings. The van der Waals surface area contributed by atoms with E-state index in [1.807, 2.05) is 13.2 Å². The maximum atomic E-state index is 11.8. The Hall–Kier alpha value is -2.17. The lowest BCUT2D eigenvalue weighted by atomic mass is 10.1. The third-order valence-corrected chi connectivity index (χ3v) is 4.07. The molecule has 1 aromatic rings. The molecule has 1 saturated heterocycles. The molecule has 0 saturated carbocycles. The fraction of sp³-hybridized carbons (Fsp3) is 0.467. The number of aromatic nitrogens is 2. The van der Waals surface area contributed by atoms with Crippen LogP contribution in [-0.4, -0.2) is 53.3 Å². The minimum atomic E-state index is -0.392. The summed E-state index contributed by atoms with van der Waals surface area (Å²) in [5.41, 5.74) is 6.86. The monoisotopic (exact) mass is 366 g/mol. The molecule has 2 amide bonds. The summed E-state index contributed by atoms with van der Waals surface area (Å²) in [4.78, 5) is 27.5. The molecular formula is C15H22N6O3S. The van der Waals surface area contributed by atoms with Gasteiger partial charge in [0, 0.05) is 24.8 Å². The van der Waals surface area contributed by atoms with Gasteiger partial charge in [-0.25, -0.2) is 9.67 Å². The summed E-state index contributed by atoms with van der Waals surface area (Å²) in [5, 5.41) is 10.2. The molecule has 2 heterocycles. The van der Waals surface area contributed by atoms with Crippen LogP contribution in [0.4, 0.5) is 5.82 Å². The highest BCUT2D eigenvalue weighted by atomic mass is 32.2. The van der Waals surface area contributed by atoms with E-state index in [9.17, 15) is 9.59 Å². The van der Waals surface area contributed by atoms with E-state index >= 15 is 0 Å². The first kappa shape index (κ1) is 19.2. The van der Waals surface area contributed by atoms with Gasteiger partial charge in [0.15, 0.2) is 11.0 Å². The molecule has 25 heavy (non-hydrogen) atoms. The van der Waals surface area contributed by atoms with Gasteiger partial charge in [-0.1, -0.05) is 11.8 Å². The Morgan fingerprint density at radius 2 is 2.40 bits per heavy atom. The van der Waals surface area contributed by atoms with Crippen LogP contribution < -0.4 is 16.4 Å². The van der Waals surface area contributed by atoms with Gasteiger partial charge in [-0.15, -0.1) is 0 Å². The van der Waals surface area contributed by atoms with Crippen molar-refractivity contribution in [3.8, 4) is 0 Å². The molecule has 0 aliphatic carbocycles. The molecule has 1 atom stereocenters. The number of nitrogens with one attached hydrogen (secondary N) is 2. The van der Waals surface area contributed by atoms with Gasteiger partial charge in [0.25, 0.3) is 5.91 Å². The van der Waals surface area contributed by atoms with Crippen molar-refractivity contribution in [3.63, 3.8) is 0 Å². The Bertz CT molecular complexity index is 712. The van der Waals surface area contributed by atoms with Gasteiger partial charge in [-0.3, -0.25) is 20.2 Å². The van der Waals surface area contributed by atoms with Gasteiger partial charge >= 0.3 is 0 Å². The summed E-state index contributed by atoms with van der Waals surface area (Å²) < 4.78 is 6.71. The van der Waals surface area contributed by atoms with Crippen molar-refractivity contribution in [2.75, 3.05) is 26.5 Å². The molecule has 4 N–H and O–H groups in total. The molecule has 0 aromatic carbocycles. The lowest BCUT2D eigenvalue weighted by Gasteiger charge is -2.16. The summed E-state index contributed by atoms with van der Waals surface area (Å²) in [7, 11) is 1.63. The number of hydrogen-bond donors (Lipinski definition) is 3. The molecule has 1 unspecified atom stereocenters. The predicted molar refractivity (Wildman–Crippen MR) is 97.4 cm³/mol. The van der Waals surface area contributed by atoms with Gasteiger partial charge in [-0.05, 0) is 19.3 Å². The molecule has 1 aliphatic heterocycles. The van der Waals surface area contributed by atoms with Crippen LogP contribution in [0.5, 0.6) is 0 Å². The summed E-state index contributed by atoms with van der Waals surface area (Å²) in [6, 6.07) is 0. The topological polar surface area (TPSA) is 124 Å². The number of carbonyl (C=O) groups is 2. The lowest BCUT2D eigenvalue weighted by molar-refractivity contribution is -0.124. The van der Waals surface area contributed by atoms with E-state index in [0.717, 1.165) is 0 Å². The zero-order valence-corrected chi connectivity index (χ0v) is 15.2. The Kier molecular flexibility index (Phi) is 6.73. The molecule has 10 heteroatoms. The van der Waals surface area contributed by atoms with Crippen molar-refractivity contribution in [1.82, 2.24) is 20.4 Å². The zero-order valence-electron chi connectivity index (χ0n) is 14.4. The number of ether oxygens (including phenoxy) is 1. The van der Waals surface area contributed by atoms with Crippen LogP contribution in [0.25, 0.3) is 6.08 Å². The average molecular weight is 366 g/mol. The lowest BCUT2D eigenvalue weighted by Crippen LogP contribution is -2.28. The summed E-state index contributed by atoms with van der Waals surface area (Å²) in [6.45, 7) is 3.14. The van der Waals surface area contributed by atoms with E-state index in [2.05, 4.69) is 20.7 Å². The minimum Gasteiger partial charge on any atom is -0.383 e. The molecule has 2 rings (SSSR count). The first-order valence-electron chi connectivity index (χ1n) is 7.69. The van der Waals surface area contributed by atoms with Gasteiger partial charge in [0.1, 0.15) is 6.17 Å². The molecule has 0 bridgehead atoms. The van der Waals surface area contributed by atoms with E-state index < -0.39 is 5.91 Å². The van der Waals surface area contributed by atoms with E-state index in [1.165, 1.54) is 11.8 Å². The normalized spacial score (nSPS) is 18.0. The Morgan fingerprint density at radius 3 is 3.00 bits per heavy atom. The highest BCUT2D eigenvalue weighted by Gasteiger charge is 2.25. The average Bonchev–Trinajstić information content (AvgIpc) is 3.11. The third kappa shape index (κ3) is 4.91. The molecule has 136 valence electrons. The van der Waals surface area contributed by atoms with Gasteiger partial charge in [-0.2, -0.15) is 5.10 Å². The highest BCUT2D eigenvalue weighted by Crippen LogP contribution is 2.26. The number of imide groups is 1. The second-order valence-corrected chi connectivity index (χ2v) is 6.20. The SMILES string of the molecule is COCCNC(C)n1ncc(/C=C2\CC(=O)NC2=O)c1N=C(N)SC. The second-order valence-electron chi connectivity index (χ2n) is 5.37. The molecule has 0 spiro atoms. The Labute approximate surface area is 150 Å². The summed E-state index contributed by atoms with van der Waals surface area (Å²) in [6.07, 6.45) is 4.94. The van der Waals surface area contributed by atoms with Crippen LogP contribution in [0.3, 0.4) is 0 Å². The number of carbonyl (C=O) groups excluding carboxylic acids is 2. The Balaban J connectivity index is 2.35. The predicted octanol–water partition coefficient (Wildman–Crippen LogP) is 0.377. The van der Waals surface area contributed by atoms with Crippen molar-refractivity contribution in [2.45, 2.75) is 19.5 Å². The van der Waals surface area contributed by atoms with Gasteiger partial charge in [0.2, 0.25) is 5.91 Å². The van der Waals surface area contributed by atoms with Crippen molar-refractivity contribution in [1.29, 1.82) is 0 Å². The number of nitrogens with zero attached hydrogens (tertiary/aromatic N) is 3. The first-order valence-corrected chi connectivity index (χ1v) is 8.91. The minimum absolute atomic E-state index is 0.0484. The fourth-order valence-electron chi connectivity index (χ4n) is 2.29. The molecule has 0 radical (unpaired) electrons. The van der Waals surface area contributed by atoms with Crippen LogP contribution in [0.1, 0.15) is 25.1 Å². The molecular weight excluding hydrogens is 344 g/mol. The molecule has 9 nitrogen and oxygen atoms in total. The zero-order chi connectivity index (χ0) is 18.4. The number of thioether (sulfide) groups is 1. The summed E-state index contributed by atoms with van der Waals surface area (Å²) in [5.74, 6) is -0.187. The van der Waals surface area contributed by atoms with Crippen molar-refractivity contribution >= 4 is 40.6 Å². The van der Waals surface area contributed by atoms with Crippen LogP contribution in [-0.2, 0) is 14.3 Å². The number of amides is 2. The van der Waals surface area contributed by atoms with E-state index in [4.69, 9.17) is 10.5 Å². The third-order valence-electron chi connectivity index (χ3n) is 3.56. The smallest absolute Gasteiger partial charge is 0.254 e. The Morgan fingerprint density at radius 1 is 1.64 bits per heavy atom. The number of hydrogen-bond acceptors (Lipinski definition) is 7. The van der Waals surface area contributed by atoms with Crippen LogP contribution in [0, 0.1) is 0 Å². The van der Waals surface area contributed by atoms with E-state index in [1.54, 1.807) is 24.1 Å². The van der Waals surface area contributed by atoms with Crippen molar-refractivity contribution < 1.29 is 14.3 Å². The maximum Gasteiger partial charge on any atom is 0.254 e. The molecule has 1 fully saturated rings. The largest absolute Gasteiger partial charge is 0.383 e. The number of rotatable bonds is 7. The number of methoxy groups -OCH3 is 1. The first-order chi connectivity index (χ1) is 12.0. The second kappa shape index (κ2) is 8.79. The van der Waals surface area contributed by atoms with Crippen molar-refractivity contribution in [2.24, 2.45) is 10.7 Å². The maximum absolute atomic E-state index is 11.8. The quantitative estimate of drug-likeness (QED) is 0.209. The van der Waals surface area contributed by atoms with Gasteiger partial charge in [0.05, 0.1) is 19.2 Å². The van der Waals surface area contributed by atoms with Crippen LogP contribution in [0.2, 0.25) is 0 Å². The van der Waals surface area contributed by atoms with E-state index in [0.29, 0.717) is 35.3 Å². The highest BCUT2D eigenvalue weighted by molar-refractivity contribution is 8.13. The number of amidine groups is 1. The van der Waals surface area contributed by atoms with Crippen molar-refractivity contribution in [3.05, 3.63) is 17.3 Å². The van der Waals surface area contributed by atoms with Crippen LogP contribution >= 0.6 is 11.8 Å². The number of nitrogens with two attached hydrogens (primary N) is 1. The fourth-order valence-corrected chi connectivity index (χ4v) is 2.46. The van der Waals surface area contributed by atoms with E-state index in [-0.39, 0.29) is 18.5 Å². The number of aliphatic imine (C=N–C) groups is 1.